The van der Waals surface area contributed by atoms with Gasteiger partial charge in [-0.25, -0.2) is 4.68 Å². The van der Waals surface area contributed by atoms with Crippen molar-refractivity contribution in [1.82, 2.24) is 9.78 Å². The van der Waals surface area contributed by atoms with Crippen LogP contribution in [0.15, 0.2) is 65.8 Å². The van der Waals surface area contributed by atoms with E-state index in [-0.39, 0.29) is 5.91 Å². The normalized spacial score (nSPS) is 15.6. The van der Waals surface area contributed by atoms with E-state index in [2.05, 4.69) is 15.6 Å². The third kappa shape index (κ3) is 3.46. The van der Waals surface area contributed by atoms with Crippen molar-refractivity contribution in [3.8, 4) is 11.4 Å². The number of nitrogens with zero attached hydrogens (tertiary/aromatic N) is 3. The van der Waals surface area contributed by atoms with Crippen LogP contribution in [0, 0.1) is 6.92 Å². The number of aromatic nitrogens is 2. The zero-order valence-electron chi connectivity index (χ0n) is 15.6. The van der Waals surface area contributed by atoms with Gasteiger partial charge in [-0.2, -0.15) is 5.10 Å². The maximum atomic E-state index is 12.8. The maximum absolute atomic E-state index is 12.8. The molecule has 0 saturated carbocycles. The average molecular weight is 376 g/mol. The summed E-state index contributed by atoms with van der Waals surface area (Å²) < 4.78 is 7.07. The van der Waals surface area contributed by atoms with Crippen molar-refractivity contribution in [2.24, 2.45) is 5.16 Å². The quantitative estimate of drug-likeness (QED) is 0.741. The first kappa shape index (κ1) is 17.8. The fourth-order valence-corrected chi connectivity index (χ4v) is 3.12. The van der Waals surface area contributed by atoms with Gasteiger partial charge in [-0.3, -0.25) is 4.79 Å². The number of carbonyl (C=O) groups is 1. The molecule has 1 N–H and O–H groups in total. The third-order valence-electron chi connectivity index (χ3n) is 4.46. The molecule has 28 heavy (non-hydrogen) atoms. The Bertz CT molecular complexity index is 1030. The number of anilines is 1. The van der Waals surface area contributed by atoms with Crippen LogP contribution in [0.5, 0.6) is 5.75 Å². The van der Waals surface area contributed by atoms with E-state index >= 15 is 0 Å². The lowest BCUT2D eigenvalue weighted by molar-refractivity contribution is -0.125. The molecule has 1 amide bonds. The summed E-state index contributed by atoms with van der Waals surface area (Å²) in [4.78, 5) is 18.2. The summed E-state index contributed by atoms with van der Waals surface area (Å²) in [5.41, 5.74) is 3.18. The predicted molar refractivity (Wildman–Crippen MR) is 106 cm³/mol. The van der Waals surface area contributed by atoms with Crippen molar-refractivity contribution in [2.45, 2.75) is 19.4 Å². The Morgan fingerprint density at radius 3 is 2.71 bits per heavy atom. The van der Waals surface area contributed by atoms with Gasteiger partial charge in [0, 0.05) is 18.1 Å². The average Bonchev–Trinajstić information content (AvgIpc) is 3.35. The standard InChI is InChI=1S/C21H20N4O3/c1-14-12-20(25(23-14)15-8-4-3-5-9-15)22-21(26)19-13-17(24-28-19)16-10-6-7-11-18(16)27-2/h3-12,19H,13H2,1-2H3,(H,22,26)/t19-/m1/s1. The Kier molecular flexibility index (Phi) is 4.80. The number of carbonyl (C=O) groups excluding carboxylic acids is 1. The van der Waals surface area contributed by atoms with Gasteiger partial charge < -0.3 is 14.9 Å². The largest absolute Gasteiger partial charge is 0.496 e. The molecule has 0 bridgehead atoms. The van der Waals surface area contributed by atoms with E-state index in [9.17, 15) is 4.79 Å². The van der Waals surface area contributed by atoms with E-state index in [1.165, 1.54) is 0 Å². The van der Waals surface area contributed by atoms with Gasteiger partial charge in [-0.15, -0.1) is 0 Å². The summed E-state index contributed by atoms with van der Waals surface area (Å²) >= 11 is 0. The van der Waals surface area contributed by atoms with Crippen molar-refractivity contribution < 1.29 is 14.4 Å². The maximum Gasteiger partial charge on any atom is 0.269 e. The molecule has 0 aliphatic carbocycles. The van der Waals surface area contributed by atoms with Crippen molar-refractivity contribution in [3.63, 3.8) is 0 Å². The highest BCUT2D eigenvalue weighted by molar-refractivity contribution is 6.07. The number of nitrogens with one attached hydrogen (secondary N) is 1. The molecule has 1 aromatic heterocycles. The lowest BCUT2D eigenvalue weighted by Gasteiger charge is -2.11. The van der Waals surface area contributed by atoms with Crippen molar-refractivity contribution in [1.29, 1.82) is 0 Å². The van der Waals surface area contributed by atoms with Crippen LogP contribution < -0.4 is 10.1 Å². The van der Waals surface area contributed by atoms with E-state index in [0.29, 0.717) is 23.7 Å². The molecule has 0 unspecified atom stereocenters. The Balaban J connectivity index is 1.49. The number of oxime groups is 1. The van der Waals surface area contributed by atoms with Crippen LogP contribution in [0.25, 0.3) is 5.69 Å². The number of rotatable bonds is 5. The second-order valence-electron chi connectivity index (χ2n) is 6.44. The number of amides is 1. The minimum absolute atomic E-state index is 0.272. The molecule has 7 heteroatoms. The van der Waals surface area contributed by atoms with E-state index < -0.39 is 6.10 Å². The van der Waals surface area contributed by atoms with Gasteiger partial charge >= 0.3 is 0 Å². The molecule has 0 radical (unpaired) electrons. The summed E-state index contributed by atoms with van der Waals surface area (Å²) in [7, 11) is 1.60. The number of aryl methyl sites for hydroxylation is 1. The Labute approximate surface area is 162 Å². The Morgan fingerprint density at radius 1 is 1.18 bits per heavy atom. The molecule has 1 atom stereocenters. The SMILES string of the molecule is COc1ccccc1C1=NO[C@@H](C(=O)Nc2cc(C)nn2-c2ccccc2)C1. The summed E-state index contributed by atoms with van der Waals surface area (Å²) in [6.07, 6.45) is -0.343. The fraction of sp³-hybridized carbons (Fsp3) is 0.190. The van der Waals surface area contributed by atoms with Crippen molar-refractivity contribution in [3.05, 3.63) is 71.9 Å². The number of methoxy groups -OCH3 is 1. The molecule has 2 heterocycles. The van der Waals surface area contributed by atoms with Gasteiger partial charge in [0.2, 0.25) is 6.10 Å². The van der Waals surface area contributed by atoms with Crippen molar-refractivity contribution in [2.75, 3.05) is 12.4 Å². The molecule has 0 spiro atoms. The molecule has 0 saturated heterocycles. The van der Waals surface area contributed by atoms with Crippen LogP contribution in [0.3, 0.4) is 0 Å². The third-order valence-corrected chi connectivity index (χ3v) is 4.46. The summed E-state index contributed by atoms with van der Waals surface area (Å²) in [5, 5.41) is 11.5. The van der Waals surface area contributed by atoms with Gasteiger partial charge in [0.05, 0.1) is 24.2 Å². The second kappa shape index (κ2) is 7.56. The monoisotopic (exact) mass is 376 g/mol. The van der Waals surface area contributed by atoms with Crippen LogP contribution in [0.1, 0.15) is 17.7 Å². The number of ether oxygens (including phenoxy) is 1. The van der Waals surface area contributed by atoms with Crippen molar-refractivity contribution >= 4 is 17.4 Å². The number of benzene rings is 2. The number of hydrogen-bond donors (Lipinski definition) is 1. The molecule has 1 aliphatic rings. The molecule has 7 nitrogen and oxygen atoms in total. The lowest BCUT2D eigenvalue weighted by atomic mass is 10.0. The summed E-state index contributed by atoms with van der Waals surface area (Å²) in [5.74, 6) is 1.01. The minimum Gasteiger partial charge on any atom is -0.496 e. The molecule has 2 aromatic carbocycles. The first-order chi connectivity index (χ1) is 13.7. The number of hydrogen-bond acceptors (Lipinski definition) is 5. The van der Waals surface area contributed by atoms with Gasteiger partial charge in [0.15, 0.2) is 0 Å². The first-order valence-corrected chi connectivity index (χ1v) is 8.95. The van der Waals surface area contributed by atoms with Gasteiger partial charge in [0.25, 0.3) is 5.91 Å². The van der Waals surface area contributed by atoms with Crippen LogP contribution in [0.2, 0.25) is 0 Å². The minimum atomic E-state index is -0.709. The molecule has 0 fully saturated rings. The zero-order valence-corrected chi connectivity index (χ0v) is 15.6. The smallest absolute Gasteiger partial charge is 0.269 e. The molecular formula is C21H20N4O3. The first-order valence-electron chi connectivity index (χ1n) is 8.95. The van der Waals surface area contributed by atoms with E-state index in [4.69, 9.17) is 9.57 Å². The molecule has 1 aliphatic heterocycles. The molecule has 3 aromatic rings. The Hall–Kier alpha value is -3.61. The second-order valence-corrected chi connectivity index (χ2v) is 6.44. The molecular weight excluding hydrogens is 356 g/mol. The Morgan fingerprint density at radius 2 is 1.93 bits per heavy atom. The van der Waals surface area contributed by atoms with E-state index in [1.54, 1.807) is 11.8 Å². The van der Waals surface area contributed by atoms with E-state index in [1.807, 2.05) is 67.6 Å². The van der Waals surface area contributed by atoms with E-state index in [0.717, 1.165) is 16.9 Å². The highest BCUT2D eigenvalue weighted by atomic mass is 16.6. The predicted octanol–water partition coefficient (Wildman–Crippen LogP) is 3.32. The van der Waals surface area contributed by atoms with Gasteiger partial charge in [-0.05, 0) is 31.2 Å². The van der Waals surface area contributed by atoms with Crippen LogP contribution in [-0.2, 0) is 9.63 Å². The van der Waals surface area contributed by atoms with Crippen LogP contribution in [0.4, 0.5) is 5.82 Å². The van der Waals surface area contributed by atoms with Gasteiger partial charge in [0.1, 0.15) is 11.6 Å². The topological polar surface area (TPSA) is 77.7 Å². The summed E-state index contributed by atoms with van der Waals surface area (Å²) in [6, 6.07) is 19.0. The zero-order chi connectivity index (χ0) is 19.5. The lowest BCUT2D eigenvalue weighted by Crippen LogP contribution is -2.29. The fourth-order valence-electron chi connectivity index (χ4n) is 3.12. The highest BCUT2D eigenvalue weighted by Gasteiger charge is 2.30. The van der Waals surface area contributed by atoms with Crippen LogP contribution >= 0.6 is 0 Å². The number of para-hydroxylation sites is 2. The van der Waals surface area contributed by atoms with Crippen LogP contribution in [-0.4, -0.2) is 34.6 Å². The highest BCUT2D eigenvalue weighted by Crippen LogP contribution is 2.25. The summed E-state index contributed by atoms with van der Waals surface area (Å²) in [6.45, 7) is 1.88. The molecule has 142 valence electrons. The molecule has 4 rings (SSSR count). The van der Waals surface area contributed by atoms with Gasteiger partial charge in [-0.1, -0.05) is 35.5 Å².